The summed E-state index contributed by atoms with van der Waals surface area (Å²) in [5.74, 6) is -0.338. The number of hydrogen-bond acceptors (Lipinski definition) is 4. The van der Waals surface area contributed by atoms with Gasteiger partial charge < -0.3 is 10.0 Å². The van der Waals surface area contributed by atoms with Crippen LogP contribution in [0.2, 0.25) is 0 Å². The molecule has 118 valence electrons. The number of benzene rings is 1. The van der Waals surface area contributed by atoms with E-state index in [0.29, 0.717) is 5.56 Å². The number of halogens is 1. The second-order valence-corrected chi connectivity index (χ2v) is 6.06. The molecule has 0 aromatic heterocycles. The normalized spacial score (nSPS) is 19.1. The van der Waals surface area contributed by atoms with Crippen LogP contribution in [0.15, 0.2) is 18.2 Å². The van der Waals surface area contributed by atoms with E-state index in [0.717, 1.165) is 39.3 Å². The summed E-state index contributed by atoms with van der Waals surface area (Å²) in [6.07, 6.45) is 0. The summed E-state index contributed by atoms with van der Waals surface area (Å²) in [5.41, 5.74) is 0.662. The molecular formula is C16H26FN3O. The lowest BCUT2D eigenvalue weighted by atomic mass is 10.1. The SMILES string of the molecule is CC(c1ccc(O)cc1F)N1CCN(CCN(C)C)CC1. The number of likely N-dealkylation sites (N-methyl/N-ethyl adjacent to an activating group) is 1. The van der Waals surface area contributed by atoms with Gasteiger partial charge in [-0.1, -0.05) is 6.07 Å². The largest absolute Gasteiger partial charge is 0.508 e. The highest BCUT2D eigenvalue weighted by molar-refractivity contribution is 5.29. The van der Waals surface area contributed by atoms with Gasteiger partial charge in [0.15, 0.2) is 0 Å². The summed E-state index contributed by atoms with van der Waals surface area (Å²) in [4.78, 5) is 6.96. The van der Waals surface area contributed by atoms with Crippen molar-refractivity contribution in [2.45, 2.75) is 13.0 Å². The lowest BCUT2D eigenvalue weighted by Gasteiger charge is -2.38. The Morgan fingerprint density at radius 1 is 1.24 bits per heavy atom. The van der Waals surface area contributed by atoms with Gasteiger partial charge in [-0.05, 0) is 27.1 Å². The fourth-order valence-corrected chi connectivity index (χ4v) is 2.77. The maximum absolute atomic E-state index is 13.9. The van der Waals surface area contributed by atoms with E-state index < -0.39 is 0 Å². The van der Waals surface area contributed by atoms with Crippen LogP contribution in [0.3, 0.4) is 0 Å². The van der Waals surface area contributed by atoms with Crippen LogP contribution >= 0.6 is 0 Å². The summed E-state index contributed by atoms with van der Waals surface area (Å²) < 4.78 is 13.9. The molecule has 0 aliphatic carbocycles. The molecule has 0 saturated carbocycles. The minimum Gasteiger partial charge on any atom is -0.508 e. The van der Waals surface area contributed by atoms with Crippen molar-refractivity contribution >= 4 is 0 Å². The third-order valence-electron chi connectivity index (χ3n) is 4.25. The maximum Gasteiger partial charge on any atom is 0.131 e. The zero-order valence-corrected chi connectivity index (χ0v) is 13.2. The van der Waals surface area contributed by atoms with Crippen molar-refractivity contribution in [3.63, 3.8) is 0 Å². The summed E-state index contributed by atoms with van der Waals surface area (Å²) in [6.45, 7) is 8.15. The van der Waals surface area contributed by atoms with Gasteiger partial charge in [0.05, 0.1) is 0 Å². The van der Waals surface area contributed by atoms with Gasteiger partial charge in [0, 0.05) is 56.9 Å². The van der Waals surface area contributed by atoms with Gasteiger partial charge in [-0.2, -0.15) is 0 Å². The molecule has 0 bridgehead atoms. The molecule has 0 amide bonds. The molecule has 21 heavy (non-hydrogen) atoms. The zero-order valence-electron chi connectivity index (χ0n) is 13.2. The van der Waals surface area contributed by atoms with Crippen LogP contribution in [0, 0.1) is 5.82 Å². The van der Waals surface area contributed by atoms with Crippen molar-refractivity contribution in [3.8, 4) is 5.75 Å². The van der Waals surface area contributed by atoms with E-state index in [1.165, 1.54) is 6.07 Å². The van der Waals surface area contributed by atoms with Gasteiger partial charge in [-0.15, -0.1) is 0 Å². The monoisotopic (exact) mass is 295 g/mol. The van der Waals surface area contributed by atoms with E-state index in [9.17, 15) is 9.50 Å². The average molecular weight is 295 g/mol. The molecule has 1 aliphatic rings. The van der Waals surface area contributed by atoms with E-state index in [4.69, 9.17) is 0 Å². The molecule has 2 rings (SSSR count). The first kappa shape index (κ1) is 16.2. The van der Waals surface area contributed by atoms with Crippen molar-refractivity contribution in [2.24, 2.45) is 0 Å². The Morgan fingerprint density at radius 3 is 2.48 bits per heavy atom. The molecule has 1 unspecified atom stereocenters. The van der Waals surface area contributed by atoms with E-state index in [1.54, 1.807) is 12.1 Å². The van der Waals surface area contributed by atoms with Crippen LogP contribution < -0.4 is 0 Å². The Labute approximate surface area is 126 Å². The Balaban J connectivity index is 1.89. The molecule has 0 spiro atoms. The van der Waals surface area contributed by atoms with Crippen molar-refractivity contribution in [1.82, 2.24) is 14.7 Å². The second kappa shape index (κ2) is 7.20. The van der Waals surface area contributed by atoms with E-state index in [1.807, 2.05) is 6.92 Å². The number of aromatic hydroxyl groups is 1. The van der Waals surface area contributed by atoms with Gasteiger partial charge in [0.2, 0.25) is 0 Å². The molecule has 1 aliphatic heterocycles. The van der Waals surface area contributed by atoms with Crippen molar-refractivity contribution < 1.29 is 9.50 Å². The molecular weight excluding hydrogens is 269 g/mol. The number of hydrogen-bond donors (Lipinski definition) is 1. The molecule has 1 saturated heterocycles. The van der Waals surface area contributed by atoms with Crippen molar-refractivity contribution in [3.05, 3.63) is 29.6 Å². The fourth-order valence-electron chi connectivity index (χ4n) is 2.77. The lowest BCUT2D eigenvalue weighted by molar-refractivity contribution is 0.0963. The van der Waals surface area contributed by atoms with Gasteiger partial charge in [-0.25, -0.2) is 4.39 Å². The van der Waals surface area contributed by atoms with Crippen LogP contribution in [-0.4, -0.2) is 73.2 Å². The summed E-state index contributed by atoms with van der Waals surface area (Å²) in [5, 5.41) is 9.30. The van der Waals surface area contributed by atoms with Crippen molar-refractivity contribution in [1.29, 1.82) is 0 Å². The Kier molecular flexibility index (Phi) is 5.56. The van der Waals surface area contributed by atoms with Gasteiger partial charge in [0.1, 0.15) is 11.6 Å². The van der Waals surface area contributed by atoms with Crippen molar-refractivity contribution in [2.75, 3.05) is 53.4 Å². The Hall–Kier alpha value is -1.17. The number of phenolic OH excluding ortho intramolecular Hbond substituents is 1. The van der Waals surface area contributed by atoms with Crippen LogP contribution in [0.4, 0.5) is 4.39 Å². The molecule has 0 radical (unpaired) electrons. The molecule has 1 aromatic rings. The molecule has 1 atom stereocenters. The highest BCUT2D eigenvalue weighted by atomic mass is 19.1. The molecule has 1 N–H and O–H groups in total. The predicted molar refractivity (Wildman–Crippen MR) is 83.0 cm³/mol. The van der Waals surface area contributed by atoms with Crippen LogP contribution in [0.5, 0.6) is 5.75 Å². The van der Waals surface area contributed by atoms with Gasteiger partial charge in [0.25, 0.3) is 0 Å². The standard InChI is InChI=1S/C16H26FN3O/c1-13(15-5-4-14(21)12-16(15)17)20-10-8-19(9-11-20)7-6-18(2)3/h4-5,12-13,21H,6-11H2,1-3H3. The summed E-state index contributed by atoms with van der Waals surface area (Å²) in [6, 6.07) is 4.48. The van der Waals surface area contributed by atoms with Gasteiger partial charge in [-0.3, -0.25) is 9.80 Å². The number of rotatable bonds is 5. The predicted octanol–water partition coefficient (Wildman–Crippen LogP) is 1.77. The van der Waals surface area contributed by atoms with Crippen LogP contribution in [0.25, 0.3) is 0 Å². The molecule has 5 heteroatoms. The molecule has 1 fully saturated rings. The Bertz CT molecular complexity index is 459. The van der Waals surface area contributed by atoms with E-state index >= 15 is 0 Å². The highest BCUT2D eigenvalue weighted by Crippen LogP contribution is 2.26. The van der Waals surface area contributed by atoms with E-state index in [-0.39, 0.29) is 17.6 Å². The average Bonchev–Trinajstić information content (AvgIpc) is 2.45. The first-order valence-corrected chi connectivity index (χ1v) is 7.57. The zero-order chi connectivity index (χ0) is 15.4. The highest BCUT2D eigenvalue weighted by Gasteiger charge is 2.23. The topological polar surface area (TPSA) is 30.0 Å². The Morgan fingerprint density at radius 2 is 1.90 bits per heavy atom. The number of piperazine rings is 1. The third kappa shape index (κ3) is 4.40. The number of phenols is 1. The van der Waals surface area contributed by atoms with Gasteiger partial charge >= 0.3 is 0 Å². The molecule has 4 nitrogen and oxygen atoms in total. The van der Waals surface area contributed by atoms with Crippen LogP contribution in [0.1, 0.15) is 18.5 Å². The molecule has 1 aromatic carbocycles. The first-order chi connectivity index (χ1) is 9.97. The summed E-state index contributed by atoms with van der Waals surface area (Å²) in [7, 11) is 4.18. The second-order valence-electron chi connectivity index (χ2n) is 6.06. The quantitative estimate of drug-likeness (QED) is 0.897. The van der Waals surface area contributed by atoms with E-state index in [2.05, 4.69) is 28.8 Å². The van der Waals surface area contributed by atoms with Crippen LogP contribution in [-0.2, 0) is 0 Å². The minimum atomic E-state index is -0.322. The number of nitrogens with zero attached hydrogens (tertiary/aromatic N) is 3. The minimum absolute atomic E-state index is 0.0167. The lowest BCUT2D eigenvalue weighted by Crippen LogP contribution is -2.48. The first-order valence-electron chi connectivity index (χ1n) is 7.57. The molecule has 1 heterocycles. The summed E-state index contributed by atoms with van der Waals surface area (Å²) >= 11 is 0. The fraction of sp³-hybridized carbons (Fsp3) is 0.625. The third-order valence-corrected chi connectivity index (χ3v) is 4.25. The smallest absolute Gasteiger partial charge is 0.131 e. The maximum atomic E-state index is 13.9.